The van der Waals surface area contributed by atoms with Crippen molar-refractivity contribution in [1.82, 2.24) is 0 Å². The smallest absolute Gasteiger partial charge is 0.176 e. The Morgan fingerprint density at radius 1 is 1.15 bits per heavy atom. The second kappa shape index (κ2) is 9.48. The van der Waals surface area contributed by atoms with Crippen LogP contribution < -0.4 is 4.74 Å². The lowest BCUT2D eigenvalue weighted by Crippen LogP contribution is -2.31. The summed E-state index contributed by atoms with van der Waals surface area (Å²) in [6.45, 7) is 6.24. The predicted molar refractivity (Wildman–Crippen MR) is 112 cm³/mol. The third-order valence-corrected chi connectivity index (χ3v) is 5.97. The average Bonchev–Trinajstić information content (AvgIpc) is 2.61. The molecule has 0 amide bonds. The summed E-state index contributed by atoms with van der Waals surface area (Å²) in [6.07, 6.45) is 1.34. The topological polar surface area (TPSA) is 43.4 Å². The summed E-state index contributed by atoms with van der Waals surface area (Å²) in [4.78, 5) is 13.7. The van der Waals surface area contributed by atoms with Crippen LogP contribution in [-0.4, -0.2) is 19.1 Å². The van der Waals surface area contributed by atoms with Crippen molar-refractivity contribution < 1.29 is 14.1 Å². The Hall–Kier alpha value is -1.70. The van der Waals surface area contributed by atoms with Crippen LogP contribution in [0.15, 0.2) is 48.5 Å². The molecule has 0 radical (unpaired) electrons. The molecule has 0 heterocycles. The number of carbonyl (C=O) groups is 1. The van der Waals surface area contributed by atoms with Crippen molar-refractivity contribution in [1.29, 1.82) is 0 Å². The van der Waals surface area contributed by atoms with Gasteiger partial charge in [-0.3, -0.25) is 9.36 Å². The standard InChI is InChI=1S/C22H26ClO3P/c1-15(14-27-25)13-22(2,3)20(16-9-6-5-7-10-16)21(24)19-17(23)11-8-12-18(19)26-4/h5-12,15,20H,13-14H2,1-4H3. The molecule has 2 aromatic rings. The molecule has 2 rings (SSSR count). The summed E-state index contributed by atoms with van der Waals surface area (Å²) in [5, 5.41) is 0.391. The molecule has 0 saturated carbocycles. The third kappa shape index (κ3) is 5.18. The van der Waals surface area contributed by atoms with Crippen LogP contribution in [0.25, 0.3) is 0 Å². The number of ether oxygens (including phenoxy) is 1. The third-order valence-electron chi connectivity index (χ3n) is 4.88. The lowest BCUT2D eigenvalue weighted by molar-refractivity contribution is 0.0861. The number of halogens is 1. The molecule has 0 bridgehead atoms. The van der Waals surface area contributed by atoms with Crippen molar-refractivity contribution in [3.63, 3.8) is 0 Å². The van der Waals surface area contributed by atoms with Crippen LogP contribution in [0, 0.1) is 11.3 Å². The minimum atomic E-state index is -0.390. The molecular formula is C22H26ClO3P. The van der Waals surface area contributed by atoms with E-state index in [0.717, 1.165) is 12.0 Å². The molecule has 2 aromatic carbocycles. The lowest BCUT2D eigenvalue weighted by atomic mass is 9.67. The van der Waals surface area contributed by atoms with E-state index >= 15 is 0 Å². The predicted octanol–water partition coefficient (Wildman–Crippen LogP) is 6.66. The molecule has 0 aromatic heterocycles. The largest absolute Gasteiger partial charge is 0.496 e. The van der Waals surface area contributed by atoms with E-state index in [9.17, 15) is 9.36 Å². The zero-order valence-corrected chi connectivity index (χ0v) is 17.9. The van der Waals surface area contributed by atoms with E-state index in [-0.39, 0.29) is 25.6 Å². The van der Waals surface area contributed by atoms with Crippen molar-refractivity contribution in [3.8, 4) is 5.75 Å². The van der Waals surface area contributed by atoms with Crippen molar-refractivity contribution >= 4 is 25.8 Å². The Morgan fingerprint density at radius 3 is 2.41 bits per heavy atom. The maximum Gasteiger partial charge on any atom is 0.176 e. The fraction of sp³-hybridized carbons (Fsp3) is 0.409. The van der Waals surface area contributed by atoms with Gasteiger partial charge in [-0.25, -0.2) is 0 Å². The summed E-state index contributed by atoms with van der Waals surface area (Å²) in [7, 11) is 1.68. The van der Waals surface area contributed by atoms with Gasteiger partial charge in [0.1, 0.15) is 5.75 Å². The van der Waals surface area contributed by atoms with Gasteiger partial charge < -0.3 is 4.74 Å². The summed E-state index contributed by atoms with van der Waals surface area (Å²) in [5.41, 5.74) is 1.01. The zero-order valence-electron chi connectivity index (χ0n) is 16.2. The normalized spacial score (nSPS) is 14.0. The van der Waals surface area contributed by atoms with Crippen LogP contribution in [0.4, 0.5) is 0 Å². The van der Waals surface area contributed by atoms with Crippen LogP contribution in [0.5, 0.6) is 5.75 Å². The van der Waals surface area contributed by atoms with Crippen molar-refractivity contribution in [3.05, 3.63) is 64.7 Å². The fourth-order valence-corrected chi connectivity index (χ4v) is 4.51. The number of rotatable bonds is 9. The molecule has 0 aliphatic rings. The summed E-state index contributed by atoms with van der Waals surface area (Å²) >= 11 is 6.40. The first-order valence-corrected chi connectivity index (χ1v) is 10.4. The Labute approximate surface area is 168 Å². The molecule has 3 nitrogen and oxygen atoms in total. The van der Waals surface area contributed by atoms with Crippen LogP contribution in [-0.2, 0) is 4.57 Å². The molecular weight excluding hydrogens is 379 g/mol. The van der Waals surface area contributed by atoms with E-state index in [1.165, 1.54) is 0 Å². The molecule has 0 N–H and O–H groups in total. The first-order valence-electron chi connectivity index (χ1n) is 9.02. The second-order valence-electron chi connectivity index (χ2n) is 7.63. The first kappa shape index (κ1) is 21.6. The van der Waals surface area contributed by atoms with Gasteiger partial charge in [0.25, 0.3) is 0 Å². The Morgan fingerprint density at radius 2 is 1.81 bits per heavy atom. The SMILES string of the molecule is COc1cccc(Cl)c1C(=O)C(c1ccccc1)C(C)(C)CC(C)CP=O. The number of benzene rings is 2. The molecule has 144 valence electrons. The van der Waals surface area contributed by atoms with E-state index < -0.39 is 5.92 Å². The molecule has 5 heteroatoms. The van der Waals surface area contributed by atoms with E-state index in [1.54, 1.807) is 25.3 Å². The van der Waals surface area contributed by atoms with Gasteiger partial charge in [0.15, 0.2) is 14.2 Å². The highest BCUT2D eigenvalue weighted by molar-refractivity contribution is 7.23. The van der Waals surface area contributed by atoms with Crippen LogP contribution in [0.3, 0.4) is 0 Å². The minimum absolute atomic E-state index is 0.0551. The number of hydrogen-bond acceptors (Lipinski definition) is 3. The van der Waals surface area contributed by atoms with E-state index in [4.69, 9.17) is 16.3 Å². The van der Waals surface area contributed by atoms with E-state index in [0.29, 0.717) is 22.5 Å². The highest BCUT2D eigenvalue weighted by Gasteiger charge is 2.39. The number of ketones is 1. The lowest BCUT2D eigenvalue weighted by Gasteiger charge is -2.36. The van der Waals surface area contributed by atoms with Gasteiger partial charge in [0.2, 0.25) is 0 Å². The van der Waals surface area contributed by atoms with Crippen LogP contribution in [0.2, 0.25) is 5.02 Å². The van der Waals surface area contributed by atoms with E-state index in [1.807, 2.05) is 30.3 Å². The Balaban J connectivity index is 2.54. The summed E-state index contributed by atoms with van der Waals surface area (Å²) < 4.78 is 16.4. The van der Waals surface area contributed by atoms with Crippen LogP contribution in [0.1, 0.15) is 49.0 Å². The van der Waals surface area contributed by atoms with Gasteiger partial charge in [-0.05, 0) is 35.4 Å². The van der Waals surface area contributed by atoms with Gasteiger partial charge in [-0.2, -0.15) is 0 Å². The highest BCUT2D eigenvalue weighted by Crippen LogP contribution is 2.45. The monoisotopic (exact) mass is 404 g/mol. The molecule has 2 unspecified atom stereocenters. The molecule has 0 aliphatic heterocycles. The molecule has 0 spiro atoms. The van der Waals surface area contributed by atoms with Gasteiger partial charge in [-0.1, -0.05) is 68.8 Å². The maximum atomic E-state index is 13.7. The first-order chi connectivity index (χ1) is 12.8. The molecule has 27 heavy (non-hydrogen) atoms. The van der Waals surface area contributed by atoms with Gasteiger partial charge in [0.05, 0.1) is 23.6 Å². The number of methoxy groups -OCH3 is 1. The second-order valence-corrected chi connectivity index (χ2v) is 8.67. The van der Waals surface area contributed by atoms with Crippen LogP contribution >= 0.6 is 20.1 Å². The quantitative estimate of drug-likeness (QED) is 0.346. The average molecular weight is 405 g/mol. The maximum absolute atomic E-state index is 13.7. The molecule has 0 fully saturated rings. The van der Waals surface area contributed by atoms with Crippen molar-refractivity contribution in [2.45, 2.75) is 33.1 Å². The Bertz CT molecular complexity index is 789. The van der Waals surface area contributed by atoms with E-state index in [2.05, 4.69) is 20.8 Å². The van der Waals surface area contributed by atoms with Gasteiger partial charge in [-0.15, -0.1) is 0 Å². The molecule has 0 aliphatic carbocycles. The fourth-order valence-electron chi connectivity index (χ4n) is 3.87. The van der Waals surface area contributed by atoms with Crippen molar-refractivity contribution in [2.24, 2.45) is 11.3 Å². The number of hydrogen-bond donors (Lipinski definition) is 0. The molecule has 2 atom stereocenters. The van der Waals surface area contributed by atoms with Gasteiger partial charge in [0, 0.05) is 6.16 Å². The highest BCUT2D eigenvalue weighted by atomic mass is 35.5. The van der Waals surface area contributed by atoms with Gasteiger partial charge >= 0.3 is 0 Å². The number of Topliss-reactive ketones (excluding diaryl/α,β-unsaturated/α-hetero) is 1. The van der Waals surface area contributed by atoms with Crippen molar-refractivity contribution in [2.75, 3.05) is 13.3 Å². The molecule has 0 saturated heterocycles. The zero-order chi connectivity index (χ0) is 20.0. The minimum Gasteiger partial charge on any atom is -0.496 e. The number of carbonyl (C=O) groups excluding carboxylic acids is 1. The summed E-state index contributed by atoms with van der Waals surface area (Å²) in [6, 6.07) is 15.0. The summed E-state index contributed by atoms with van der Waals surface area (Å²) in [5.74, 6) is 0.264. The Kier molecular flexibility index (Phi) is 7.59.